The Labute approximate surface area is 93.4 Å². The summed E-state index contributed by atoms with van der Waals surface area (Å²) in [4.78, 5) is 14.1. The third-order valence-electron chi connectivity index (χ3n) is 2.14. The van der Waals surface area contributed by atoms with Gasteiger partial charge in [-0.15, -0.1) is 11.6 Å². The van der Waals surface area contributed by atoms with Gasteiger partial charge in [-0.1, -0.05) is 13.8 Å². The van der Waals surface area contributed by atoms with Crippen LogP contribution in [0.5, 0.6) is 0 Å². The minimum Gasteiger partial charge on any atom is -0.261 e. The van der Waals surface area contributed by atoms with E-state index in [4.69, 9.17) is 11.6 Å². The van der Waals surface area contributed by atoms with Crippen molar-refractivity contribution in [1.82, 2.24) is 4.98 Å². The number of nitro groups is 1. The summed E-state index contributed by atoms with van der Waals surface area (Å²) >= 11 is 6.07. The van der Waals surface area contributed by atoms with Crippen LogP contribution >= 0.6 is 11.6 Å². The maximum Gasteiger partial charge on any atom is 0.272 e. The predicted octanol–water partition coefficient (Wildman–Crippen LogP) is 2.80. The quantitative estimate of drug-likeness (QED) is 0.452. The van der Waals surface area contributed by atoms with Crippen molar-refractivity contribution in [2.75, 3.05) is 0 Å². The van der Waals surface area contributed by atoms with Crippen molar-refractivity contribution in [2.24, 2.45) is 5.92 Å². The number of hydrogen-bond acceptors (Lipinski definition) is 3. The highest BCUT2D eigenvalue weighted by molar-refractivity contribution is 6.20. The van der Waals surface area contributed by atoms with E-state index >= 15 is 0 Å². The molecule has 5 heteroatoms. The first kappa shape index (κ1) is 11.9. The van der Waals surface area contributed by atoms with E-state index in [0.29, 0.717) is 18.0 Å². The molecule has 1 aromatic heterocycles. The van der Waals surface area contributed by atoms with Gasteiger partial charge in [-0.05, 0) is 5.92 Å². The lowest BCUT2D eigenvalue weighted by Gasteiger charge is -2.11. The highest BCUT2D eigenvalue weighted by Crippen LogP contribution is 2.17. The van der Waals surface area contributed by atoms with Gasteiger partial charge in [-0.3, -0.25) is 15.1 Å². The first-order chi connectivity index (χ1) is 7.00. The average Bonchev–Trinajstić information content (AvgIpc) is 2.18. The number of nitrogens with zero attached hydrogens (tertiary/aromatic N) is 2. The van der Waals surface area contributed by atoms with E-state index in [1.807, 2.05) is 13.8 Å². The highest BCUT2D eigenvalue weighted by atomic mass is 35.5. The van der Waals surface area contributed by atoms with Crippen LogP contribution in [0.2, 0.25) is 0 Å². The van der Waals surface area contributed by atoms with Gasteiger partial charge in [0, 0.05) is 35.8 Å². The predicted molar refractivity (Wildman–Crippen MR) is 59.1 cm³/mol. The lowest BCUT2D eigenvalue weighted by Crippen LogP contribution is -2.12. The summed E-state index contributed by atoms with van der Waals surface area (Å²) < 4.78 is 0. The van der Waals surface area contributed by atoms with Gasteiger partial charge in [-0.2, -0.15) is 0 Å². The first-order valence-electron chi connectivity index (χ1n) is 4.74. The molecular weight excluding hydrogens is 216 g/mol. The Hall–Kier alpha value is -1.16. The van der Waals surface area contributed by atoms with Crippen molar-refractivity contribution in [2.45, 2.75) is 25.6 Å². The van der Waals surface area contributed by atoms with Crippen LogP contribution in [0.3, 0.4) is 0 Å². The minimum absolute atomic E-state index is 0.0421. The van der Waals surface area contributed by atoms with E-state index in [0.717, 1.165) is 0 Å². The Morgan fingerprint density at radius 2 is 2.27 bits per heavy atom. The standard InChI is InChI=1S/C10H13ClN2O2/c1-7(2)10(11)6-8-5-9(13(14)15)3-4-12-8/h3-5,7,10H,6H2,1-2H3. The molecule has 0 amide bonds. The van der Waals surface area contributed by atoms with Crippen LogP contribution in [0.15, 0.2) is 18.3 Å². The van der Waals surface area contributed by atoms with Gasteiger partial charge < -0.3 is 0 Å². The lowest BCUT2D eigenvalue weighted by atomic mass is 10.1. The van der Waals surface area contributed by atoms with Gasteiger partial charge in [-0.25, -0.2) is 0 Å². The van der Waals surface area contributed by atoms with Crippen LogP contribution in [0, 0.1) is 16.0 Å². The SMILES string of the molecule is CC(C)C(Cl)Cc1cc([N+](=O)[O-])ccn1. The van der Waals surface area contributed by atoms with Gasteiger partial charge in [0.15, 0.2) is 0 Å². The second-order valence-electron chi connectivity index (χ2n) is 3.73. The second-order valence-corrected chi connectivity index (χ2v) is 4.29. The van der Waals surface area contributed by atoms with Crippen molar-refractivity contribution in [3.05, 3.63) is 34.1 Å². The van der Waals surface area contributed by atoms with Crippen molar-refractivity contribution in [1.29, 1.82) is 0 Å². The second kappa shape index (κ2) is 5.07. The van der Waals surface area contributed by atoms with Gasteiger partial charge in [0.1, 0.15) is 0 Å². The number of alkyl halides is 1. The topological polar surface area (TPSA) is 56.0 Å². The van der Waals surface area contributed by atoms with Crippen LogP contribution in [-0.4, -0.2) is 15.3 Å². The molecule has 0 N–H and O–H groups in total. The molecule has 1 aromatic rings. The molecule has 0 aliphatic rings. The summed E-state index contributed by atoms with van der Waals surface area (Å²) in [7, 11) is 0. The molecule has 1 unspecified atom stereocenters. The summed E-state index contributed by atoms with van der Waals surface area (Å²) in [5.74, 6) is 0.327. The summed E-state index contributed by atoms with van der Waals surface area (Å²) in [6.07, 6.45) is 2.00. The summed E-state index contributed by atoms with van der Waals surface area (Å²) in [6.45, 7) is 4.02. The van der Waals surface area contributed by atoms with Crippen molar-refractivity contribution >= 4 is 17.3 Å². The third kappa shape index (κ3) is 3.47. The van der Waals surface area contributed by atoms with E-state index in [2.05, 4.69) is 4.98 Å². The van der Waals surface area contributed by atoms with Gasteiger partial charge in [0.05, 0.1) is 4.92 Å². The molecule has 1 atom stereocenters. The van der Waals surface area contributed by atoms with E-state index in [1.165, 1.54) is 18.3 Å². The maximum atomic E-state index is 10.5. The van der Waals surface area contributed by atoms with Gasteiger partial charge >= 0.3 is 0 Å². The molecule has 0 radical (unpaired) electrons. The Balaban J connectivity index is 2.78. The molecule has 0 spiro atoms. The molecular formula is C10H13ClN2O2. The lowest BCUT2D eigenvalue weighted by molar-refractivity contribution is -0.385. The van der Waals surface area contributed by atoms with Crippen molar-refractivity contribution in [3.8, 4) is 0 Å². The monoisotopic (exact) mass is 228 g/mol. The fourth-order valence-electron chi connectivity index (χ4n) is 1.13. The Morgan fingerprint density at radius 1 is 1.60 bits per heavy atom. The van der Waals surface area contributed by atoms with E-state index in [-0.39, 0.29) is 11.1 Å². The molecule has 0 aliphatic heterocycles. The number of halogens is 1. The highest BCUT2D eigenvalue weighted by Gasteiger charge is 2.13. The molecule has 0 saturated carbocycles. The number of aromatic nitrogens is 1. The molecule has 0 aromatic carbocycles. The summed E-state index contributed by atoms with van der Waals surface area (Å²) in [5.41, 5.74) is 0.727. The molecule has 15 heavy (non-hydrogen) atoms. The summed E-state index contributed by atoms with van der Waals surface area (Å²) in [5, 5.41) is 10.5. The smallest absolute Gasteiger partial charge is 0.261 e. The van der Waals surface area contributed by atoms with Crippen LogP contribution in [0.1, 0.15) is 19.5 Å². The maximum absolute atomic E-state index is 10.5. The molecule has 0 saturated heterocycles. The largest absolute Gasteiger partial charge is 0.272 e. The normalized spacial score (nSPS) is 12.8. The van der Waals surface area contributed by atoms with E-state index < -0.39 is 4.92 Å². The first-order valence-corrected chi connectivity index (χ1v) is 5.17. The summed E-state index contributed by atoms with van der Waals surface area (Å²) in [6, 6.07) is 2.85. The molecule has 4 nitrogen and oxygen atoms in total. The number of pyridine rings is 1. The fourth-order valence-corrected chi connectivity index (χ4v) is 1.28. The zero-order valence-electron chi connectivity index (χ0n) is 8.68. The van der Waals surface area contributed by atoms with Gasteiger partial charge in [0.2, 0.25) is 0 Å². The fraction of sp³-hybridized carbons (Fsp3) is 0.500. The molecule has 82 valence electrons. The van der Waals surface area contributed by atoms with E-state index in [9.17, 15) is 10.1 Å². The van der Waals surface area contributed by atoms with Crippen LogP contribution in [0.25, 0.3) is 0 Å². The van der Waals surface area contributed by atoms with Crippen LogP contribution < -0.4 is 0 Å². The van der Waals surface area contributed by atoms with E-state index in [1.54, 1.807) is 0 Å². The van der Waals surface area contributed by atoms with Crippen molar-refractivity contribution in [3.63, 3.8) is 0 Å². The van der Waals surface area contributed by atoms with Crippen LogP contribution in [-0.2, 0) is 6.42 Å². The molecule has 0 bridgehead atoms. The molecule has 1 heterocycles. The molecule has 0 aliphatic carbocycles. The zero-order valence-corrected chi connectivity index (χ0v) is 9.44. The van der Waals surface area contributed by atoms with Gasteiger partial charge in [0.25, 0.3) is 5.69 Å². The minimum atomic E-state index is -0.427. The average molecular weight is 229 g/mol. The number of hydrogen-bond donors (Lipinski definition) is 0. The third-order valence-corrected chi connectivity index (χ3v) is 2.80. The zero-order chi connectivity index (χ0) is 11.4. The number of rotatable bonds is 4. The Morgan fingerprint density at radius 3 is 2.80 bits per heavy atom. The van der Waals surface area contributed by atoms with Crippen LogP contribution in [0.4, 0.5) is 5.69 Å². The Bertz CT molecular complexity index is 355. The van der Waals surface area contributed by atoms with Crippen molar-refractivity contribution < 1.29 is 4.92 Å². The molecule has 1 rings (SSSR count). The molecule has 0 fully saturated rings. The Kier molecular flexibility index (Phi) is 4.03.